The van der Waals surface area contributed by atoms with Gasteiger partial charge in [-0.05, 0) is 114 Å². The van der Waals surface area contributed by atoms with Crippen LogP contribution in [0.5, 0.6) is 0 Å². The summed E-state index contributed by atoms with van der Waals surface area (Å²) in [5.74, 6) is 0. The van der Waals surface area contributed by atoms with Crippen LogP contribution in [0.15, 0.2) is 157 Å². The summed E-state index contributed by atoms with van der Waals surface area (Å²) in [7, 11) is 0. The van der Waals surface area contributed by atoms with Crippen LogP contribution in [0.4, 0.5) is 45.5 Å². The molecule has 1 aliphatic carbocycles. The normalized spacial score (nSPS) is 16.8. The van der Waals surface area contributed by atoms with E-state index in [4.69, 9.17) is 0 Å². The van der Waals surface area contributed by atoms with Gasteiger partial charge >= 0.3 is 0 Å². The molecule has 0 saturated carbocycles. The first-order chi connectivity index (χ1) is 24.1. The SMILES string of the molecule is CC1(C)C2=C(CCCC2)N(c2ccc3c(c2)N(c2ccccc2)c2cccc4c2B3c2ccccc2N4c2ccccc2)c2ccccc21. The Morgan fingerprint density at radius 3 is 1.78 bits per heavy atom. The van der Waals surface area contributed by atoms with Crippen LogP contribution in [0.3, 0.4) is 0 Å². The molecule has 3 heterocycles. The summed E-state index contributed by atoms with van der Waals surface area (Å²) < 4.78 is 0. The molecule has 3 aliphatic heterocycles. The molecule has 0 radical (unpaired) electrons. The van der Waals surface area contributed by atoms with Crippen molar-refractivity contribution in [3.8, 4) is 0 Å². The molecule has 6 aromatic carbocycles. The van der Waals surface area contributed by atoms with Crippen LogP contribution in [0.1, 0.15) is 45.1 Å². The highest BCUT2D eigenvalue weighted by Gasteiger charge is 2.44. The zero-order valence-electron chi connectivity index (χ0n) is 28.1. The van der Waals surface area contributed by atoms with E-state index in [1.807, 2.05) is 0 Å². The van der Waals surface area contributed by atoms with Crippen molar-refractivity contribution in [3.05, 3.63) is 162 Å². The van der Waals surface area contributed by atoms with Gasteiger partial charge in [0.1, 0.15) is 0 Å². The van der Waals surface area contributed by atoms with Crippen molar-refractivity contribution in [2.24, 2.45) is 0 Å². The molecule has 3 nitrogen and oxygen atoms in total. The standard InChI is InChI=1S/C45H38BN3/c1-45(2)34-20-9-12-23-38(34)49(39-24-13-10-21-35(39)45)33-28-29-37-43(30-33)48(32-18-7-4-8-19-32)42-27-15-26-41-44(42)46(37)36-22-11-14-25-40(36)47(41)31-16-5-3-6-17-31/h3-9,11-12,14-20,22-23,25-30H,10,13,21,24H2,1-2H3. The second-order valence-electron chi connectivity index (χ2n) is 14.4. The Bertz CT molecular complexity index is 2290. The van der Waals surface area contributed by atoms with Gasteiger partial charge in [-0.2, -0.15) is 0 Å². The van der Waals surface area contributed by atoms with E-state index < -0.39 is 0 Å². The number of nitrogens with zero attached hydrogens (tertiary/aromatic N) is 3. The van der Waals surface area contributed by atoms with E-state index in [1.54, 1.807) is 5.57 Å². The molecule has 0 amide bonds. The second-order valence-corrected chi connectivity index (χ2v) is 14.4. The maximum absolute atomic E-state index is 2.61. The predicted molar refractivity (Wildman–Crippen MR) is 208 cm³/mol. The Labute approximate surface area is 289 Å². The van der Waals surface area contributed by atoms with Crippen molar-refractivity contribution in [1.82, 2.24) is 0 Å². The Balaban J connectivity index is 1.24. The quantitative estimate of drug-likeness (QED) is 0.180. The minimum Gasteiger partial charge on any atom is -0.314 e. The molecular weight excluding hydrogens is 593 g/mol. The number of anilines is 8. The van der Waals surface area contributed by atoms with Gasteiger partial charge in [0.05, 0.1) is 0 Å². The highest BCUT2D eigenvalue weighted by Crippen LogP contribution is 2.53. The minimum absolute atomic E-state index is 0.0267. The van der Waals surface area contributed by atoms with Crippen molar-refractivity contribution < 1.29 is 0 Å². The lowest BCUT2D eigenvalue weighted by Gasteiger charge is -2.47. The van der Waals surface area contributed by atoms with E-state index >= 15 is 0 Å². The fourth-order valence-corrected chi connectivity index (χ4v) is 9.33. The van der Waals surface area contributed by atoms with E-state index in [2.05, 4.69) is 174 Å². The van der Waals surface area contributed by atoms with Crippen molar-refractivity contribution in [2.75, 3.05) is 14.7 Å². The highest BCUT2D eigenvalue weighted by molar-refractivity contribution is 7.00. The largest absolute Gasteiger partial charge is 0.314 e. The molecule has 236 valence electrons. The molecule has 4 aliphatic rings. The van der Waals surface area contributed by atoms with Gasteiger partial charge in [-0.3, -0.25) is 0 Å². The molecule has 0 saturated heterocycles. The number of benzene rings is 6. The second kappa shape index (κ2) is 10.8. The molecule has 0 N–H and O–H groups in total. The first kappa shape index (κ1) is 28.5. The lowest BCUT2D eigenvalue weighted by Crippen LogP contribution is -2.61. The molecule has 0 fully saturated rings. The van der Waals surface area contributed by atoms with Crippen molar-refractivity contribution in [3.63, 3.8) is 0 Å². The van der Waals surface area contributed by atoms with Crippen LogP contribution < -0.4 is 31.1 Å². The maximum Gasteiger partial charge on any atom is 0.252 e. The molecule has 0 atom stereocenters. The Morgan fingerprint density at radius 2 is 1.04 bits per heavy atom. The Kier molecular flexibility index (Phi) is 6.27. The summed E-state index contributed by atoms with van der Waals surface area (Å²) in [5, 5.41) is 0. The number of allylic oxidation sites excluding steroid dienone is 2. The molecular formula is C45H38BN3. The summed E-state index contributed by atoms with van der Waals surface area (Å²) >= 11 is 0. The predicted octanol–water partition coefficient (Wildman–Crippen LogP) is 10.0. The fourth-order valence-electron chi connectivity index (χ4n) is 9.33. The molecule has 4 heteroatoms. The highest BCUT2D eigenvalue weighted by atomic mass is 15.2. The van der Waals surface area contributed by atoms with E-state index in [-0.39, 0.29) is 12.1 Å². The molecule has 49 heavy (non-hydrogen) atoms. The number of para-hydroxylation sites is 4. The third-order valence-electron chi connectivity index (χ3n) is 11.5. The summed E-state index contributed by atoms with van der Waals surface area (Å²) in [5.41, 5.74) is 18.5. The molecule has 0 bridgehead atoms. The average molecular weight is 632 g/mol. The van der Waals surface area contributed by atoms with Crippen LogP contribution in [0, 0.1) is 0 Å². The first-order valence-electron chi connectivity index (χ1n) is 17.8. The Morgan fingerprint density at radius 1 is 0.469 bits per heavy atom. The van der Waals surface area contributed by atoms with E-state index in [0.29, 0.717) is 0 Å². The smallest absolute Gasteiger partial charge is 0.252 e. The van der Waals surface area contributed by atoms with Gasteiger partial charge in [-0.15, -0.1) is 0 Å². The summed E-state index contributed by atoms with van der Waals surface area (Å²) in [4.78, 5) is 7.58. The van der Waals surface area contributed by atoms with Gasteiger partial charge in [0.25, 0.3) is 6.71 Å². The van der Waals surface area contributed by atoms with Crippen LogP contribution >= 0.6 is 0 Å². The summed E-state index contributed by atoms with van der Waals surface area (Å²) in [6.45, 7) is 4.98. The van der Waals surface area contributed by atoms with Crippen LogP contribution in [-0.4, -0.2) is 6.71 Å². The number of hydrogen-bond acceptors (Lipinski definition) is 3. The molecule has 0 spiro atoms. The van der Waals surface area contributed by atoms with E-state index in [9.17, 15) is 0 Å². The fraction of sp³-hybridized carbons (Fsp3) is 0.156. The third-order valence-corrected chi connectivity index (χ3v) is 11.5. The first-order valence-corrected chi connectivity index (χ1v) is 17.8. The van der Waals surface area contributed by atoms with E-state index in [1.165, 1.54) is 92.4 Å². The van der Waals surface area contributed by atoms with Gasteiger partial charge < -0.3 is 14.7 Å². The van der Waals surface area contributed by atoms with Gasteiger partial charge in [-0.25, -0.2) is 0 Å². The van der Waals surface area contributed by atoms with Gasteiger partial charge in [0.2, 0.25) is 0 Å². The van der Waals surface area contributed by atoms with Crippen molar-refractivity contribution in [2.45, 2.75) is 44.9 Å². The number of fused-ring (bicyclic) bond motifs is 5. The Hall–Kier alpha value is -5.48. The minimum atomic E-state index is 0.0267. The van der Waals surface area contributed by atoms with Crippen molar-refractivity contribution in [1.29, 1.82) is 0 Å². The summed E-state index contributed by atoms with van der Waals surface area (Å²) in [6.07, 6.45) is 4.79. The average Bonchev–Trinajstić information content (AvgIpc) is 3.15. The molecule has 10 rings (SSSR count). The zero-order chi connectivity index (χ0) is 32.7. The lowest BCUT2D eigenvalue weighted by molar-refractivity contribution is 0.517. The van der Waals surface area contributed by atoms with Crippen LogP contribution in [0.2, 0.25) is 0 Å². The lowest BCUT2D eigenvalue weighted by atomic mass is 9.33. The van der Waals surface area contributed by atoms with Gasteiger partial charge in [0, 0.05) is 56.6 Å². The van der Waals surface area contributed by atoms with Crippen LogP contribution in [0.25, 0.3) is 0 Å². The number of rotatable bonds is 3. The van der Waals surface area contributed by atoms with E-state index in [0.717, 1.165) is 6.42 Å². The molecule has 6 aromatic rings. The third kappa shape index (κ3) is 4.10. The number of hydrogen-bond donors (Lipinski definition) is 0. The summed E-state index contributed by atoms with van der Waals surface area (Å²) in [6, 6.07) is 54.1. The zero-order valence-corrected chi connectivity index (χ0v) is 28.1. The molecule has 0 unspecified atom stereocenters. The maximum atomic E-state index is 2.61. The monoisotopic (exact) mass is 631 g/mol. The van der Waals surface area contributed by atoms with Crippen molar-refractivity contribution >= 4 is 68.6 Å². The molecule has 0 aromatic heterocycles. The van der Waals surface area contributed by atoms with Gasteiger partial charge in [-0.1, -0.05) is 98.8 Å². The van der Waals surface area contributed by atoms with Gasteiger partial charge in [0.15, 0.2) is 0 Å². The topological polar surface area (TPSA) is 9.72 Å². The van der Waals surface area contributed by atoms with Crippen LogP contribution in [-0.2, 0) is 5.41 Å².